The first-order valence-electron chi connectivity index (χ1n) is 12.3. The van der Waals surface area contributed by atoms with Gasteiger partial charge >= 0.3 is 4.87 Å². The van der Waals surface area contributed by atoms with Crippen molar-refractivity contribution >= 4 is 57.9 Å². The number of carbonyl (C=O) groups excluding carboxylic acids is 2. The highest BCUT2D eigenvalue weighted by Crippen LogP contribution is 2.55. The monoisotopic (exact) mass is 609 g/mol. The van der Waals surface area contributed by atoms with Crippen LogP contribution >= 0.6 is 34.7 Å². The summed E-state index contributed by atoms with van der Waals surface area (Å²) < 4.78 is 11.3. The number of ether oxygens (including phenoxy) is 2. The number of nitro benzene ring substituents is 1. The third-order valence-corrected chi connectivity index (χ3v) is 9.61. The van der Waals surface area contributed by atoms with Crippen LogP contribution in [0.1, 0.15) is 21.9 Å². The van der Waals surface area contributed by atoms with Crippen LogP contribution in [0.15, 0.2) is 76.6 Å². The van der Waals surface area contributed by atoms with Crippen molar-refractivity contribution in [1.82, 2.24) is 4.98 Å². The van der Waals surface area contributed by atoms with E-state index in [4.69, 9.17) is 21.1 Å². The van der Waals surface area contributed by atoms with Gasteiger partial charge in [-0.2, -0.15) is 0 Å². The topological polar surface area (TPSA) is 132 Å². The van der Waals surface area contributed by atoms with Crippen molar-refractivity contribution in [2.24, 2.45) is 5.92 Å². The first-order valence-corrected chi connectivity index (χ1v) is 14.4. The van der Waals surface area contributed by atoms with Crippen LogP contribution < -0.4 is 19.2 Å². The number of fused-ring (bicyclic) bond motifs is 2. The zero-order valence-electron chi connectivity index (χ0n) is 21.2. The Morgan fingerprint density at radius 3 is 2.54 bits per heavy atom. The molecular formula is C28H20ClN3O7S2. The van der Waals surface area contributed by atoms with Gasteiger partial charge < -0.3 is 14.5 Å². The smallest absolute Gasteiger partial charge is 0.305 e. The second-order valence-corrected chi connectivity index (χ2v) is 12.0. The summed E-state index contributed by atoms with van der Waals surface area (Å²) in [4.78, 5) is 55.6. The molecule has 3 heterocycles. The standard InChI is InChI=1S/C28H20ClN3O7S2/c1-38-18-8-5-16(6-9-18)31-26(33)22-21(23-25(30-28(35)41-23)40-24(22)27(31)34)19-12-17(32(36)37)7-10-20(19)39-13-14-3-2-4-15(29)11-14/h2-12,21-22,24H,13H2,1H3,(H,30,35). The number of rotatable bonds is 7. The lowest BCUT2D eigenvalue weighted by Crippen LogP contribution is -2.32. The SMILES string of the molecule is COc1ccc(N2C(=O)C3Sc4[nH]c(=O)sc4C(c4cc([N+](=O)[O-])ccc4OCc4cccc(Cl)c4)C3C2=O)cc1. The van der Waals surface area contributed by atoms with Gasteiger partial charge in [0, 0.05) is 33.5 Å². The number of hydrogen-bond donors (Lipinski definition) is 1. The molecular weight excluding hydrogens is 590 g/mol. The highest BCUT2D eigenvalue weighted by atomic mass is 35.5. The van der Waals surface area contributed by atoms with Gasteiger partial charge in [-0.05, 0) is 48.0 Å². The van der Waals surface area contributed by atoms with E-state index in [2.05, 4.69) is 4.98 Å². The van der Waals surface area contributed by atoms with Gasteiger partial charge in [-0.15, -0.1) is 0 Å². The van der Waals surface area contributed by atoms with Crippen LogP contribution in [-0.4, -0.2) is 34.1 Å². The van der Waals surface area contributed by atoms with Gasteiger partial charge in [-0.25, -0.2) is 4.90 Å². The van der Waals surface area contributed by atoms with Crippen LogP contribution in [0.2, 0.25) is 5.02 Å². The fraction of sp³-hybridized carbons (Fsp3) is 0.179. The second kappa shape index (κ2) is 10.7. The average Bonchev–Trinajstić information content (AvgIpc) is 3.46. The highest BCUT2D eigenvalue weighted by Gasteiger charge is 2.57. The van der Waals surface area contributed by atoms with Crippen molar-refractivity contribution in [3.63, 3.8) is 0 Å². The Labute approximate surface area is 246 Å². The number of non-ortho nitro benzene ring substituents is 1. The van der Waals surface area contributed by atoms with Gasteiger partial charge in [0.05, 0.1) is 28.7 Å². The van der Waals surface area contributed by atoms with Gasteiger partial charge in [0.2, 0.25) is 11.8 Å². The minimum atomic E-state index is -0.941. The number of anilines is 1. The Balaban J connectivity index is 1.47. The first kappa shape index (κ1) is 27.1. The molecule has 2 amide bonds. The minimum Gasteiger partial charge on any atom is -0.497 e. The molecule has 4 aromatic rings. The van der Waals surface area contributed by atoms with E-state index >= 15 is 0 Å². The van der Waals surface area contributed by atoms with Crippen molar-refractivity contribution in [1.29, 1.82) is 0 Å². The molecule has 10 nitrogen and oxygen atoms in total. The molecule has 13 heteroatoms. The predicted molar refractivity (Wildman–Crippen MR) is 154 cm³/mol. The van der Waals surface area contributed by atoms with E-state index in [1.54, 1.807) is 42.5 Å². The Kier molecular flexibility index (Phi) is 7.06. The molecule has 41 heavy (non-hydrogen) atoms. The van der Waals surface area contributed by atoms with Crippen LogP contribution in [0.4, 0.5) is 11.4 Å². The molecule has 208 valence electrons. The zero-order valence-corrected chi connectivity index (χ0v) is 23.6. The number of amides is 2. The maximum Gasteiger partial charge on any atom is 0.305 e. The molecule has 2 aliphatic rings. The fourth-order valence-electron chi connectivity index (χ4n) is 5.15. The molecule has 1 saturated heterocycles. The molecule has 3 unspecified atom stereocenters. The number of methoxy groups -OCH3 is 1. The Morgan fingerprint density at radius 2 is 1.83 bits per heavy atom. The van der Waals surface area contributed by atoms with E-state index in [0.29, 0.717) is 37.7 Å². The lowest BCUT2D eigenvalue weighted by Gasteiger charge is -2.30. The molecule has 0 saturated carbocycles. The molecule has 0 bridgehead atoms. The maximum absolute atomic E-state index is 14.0. The number of aromatic amines is 1. The van der Waals surface area contributed by atoms with Crippen LogP contribution in [-0.2, 0) is 16.2 Å². The van der Waals surface area contributed by atoms with Crippen molar-refractivity contribution in [3.05, 3.63) is 108 Å². The molecule has 1 aromatic heterocycles. The molecule has 1 fully saturated rings. The number of H-pyrrole nitrogens is 1. The maximum atomic E-state index is 14.0. The summed E-state index contributed by atoms with van der Waals surface area (Å²) in [6.45, 7) is 0.0992. The number of imide groups is 1. The van der Waals surface area contributed by atoms with Gasteiger partial charge in [0.15, 0.2) is 0 Å². The summed E-state index contributed by atoms with van der Waals surface area (Å²) in [5.74, 6) is -1.85. The number of thiazole rings is 1. The quantitative estimate of drug-likeness (QED) is 0.168. The number of nitrogens with one attached hydrogen (secondary N) is 1. The molecule has 6 rings (SSSR count). The van der Waals surface area contributed by atoms with Gasteiger partial charge in [0.25, 0.3) is 5.69 Å². The third kappa shape index (κ3) is 4.88. The minimum absolute atomic E-state index is 0.0992. The van der Waals surface area contributed by atoms with Gasteiger partial charge in [-0.3, -0.25) is 24.5 Å². The molecule has 3 aromatic carbocycles. The number of hydrogen-bond acceptors (Lipinski definition) is 9. The van der Waals surface area contributed by atoms with Gasteiger partial charge in [0.1, 0.15) is 23.4 Å². The number of nitrogens with zero attached hydrogens (tertiary/aromatic N) is 2. The summed E-state index contributed by atoms with van der Waals surface area (Å²) >= 11 is 8.15. The molecule has 0 radical (unpaired) electrons. The number of carbonyl (C=O) groups is 2. The van der Waals surface area contributed by atoms with E-state index < -0.39 is 33.8 Å². The van der Waals surface area contributed by atoms with Crippen LogP contribution in [0.5, 0.6) is 11.5 Å². The van der Waals surface area contributed by atoms with Crippen molar-refractivity contribution < 1.29 is 24.0 Å². The second-order valence-electron chi connectivity index (χ2n) is 9.36. The molecule has 1 N–H and O–H groups in total. The van der Waals surface area contributed by atoms with Gasteiger partial charge in [-0.1, -0.05) is 46.8 Å². The molecule has 2 aliphatic heterocycles. The summed E-state index contributed by atoms with van der Waals surface area (Å²) in [6, 6.07) is 17.8. The van der Waals surface area contributed by atoms with Crippen LogP contribution in [0.3, 0.4) is 0 Å². The van der Waals surface area contributed by atoms with Crippen molar-refractivity contribution in [2.45, 2.75) is 22.8 Å². The van der Waals surface area contributed by atoms with E-state index in [-0.39, 0.29) is 17.2 Å². The fourth-order valence-corrected chi connectivity index (χ4v) is 7.87. The predicted octanol–water partition coefficient (Wildman–Crippen LogP) is 5.38. The lowest BCUT2D eigenvalue weighted by molar-refractivity contribution is -0.385. The number of nitro groups is 1. The number of thioether (sulfide) groups is 1. The van der Waals surface area contributed by atoms with E-state index in [1.165, 1.54) is 25.3 Å². The van der Waals surface area contributed by atoms with Crippen molar-refractivity contribution in [3.8, 4) is 11.5 Å². The van der Waals surface area contributed by atoms with Crippen molar-refractivity contribution in [2.75, 3.05) is 12.0 Å². The normalized spacial score (nSPS) is 19.6. The third-order valence-electron chi connectivity index (χ3n) is 6.98. The first-order chi connectivity index (χ1) is 19.7. The average molecular weight is 610 g/mol. The van der Waals surface area contributed by atoms with E-state index in [9.17, 15) is 24.5 Å². The Hall–Kier alpha value is -4.13. The lowest BCUT2D eigenvalue weighted by atomic mass is 9.82. The summed E-state index contributed by atoms with van der Waals surface area (Å²) in [6.07, 6.45) is 0. The zero-order chi connectivity index (χ0) is 28.8. The summed E-state index contributed by atoms with van der Waals surface area (Å²) in [5, 5.41) is 11.9. The number of benzene rings is 3. The van der Waals surface area contributed by atoms with Crippen LogP contribution in [0, 0.1) is 16.0 Å². The number of aromatic nitrogens is 1. The summed E-state index contributed by atoms with van der Waals surface area (Å²) in [7, 11) is 1.52. The summed E-state index contributed by atoms with van der Waals surface area (Å²) in [5.41, 5.74) is 1.27. The number of halogens is 1. The molecule has 0 spiro atoms. The van der Waals surface area contributed by atoms with Crippen LogP contribution in [0.25, 0.3) is 0 Å². The Morgan fingerprint density at radius 1 is 1.05 bits per heavy atom. The Bertz CT molecular complexity index is 1750. The molecule has 3 atom stereocenters. The van der Waals surface area contributed by atoms with E-state index in [0.717, 1.165) is 33.6 Å². The largest absolute Gasteiger partial charge is 0.497 e. The molecule has 0 aliphatic carbocycles. The van der Waals surface area contributed by atoms with E-state index in [1.807, 2.05) is 6.07 Å². The highest BCUT2D eigenvalue weighted by molar-refractivity contribution is 8.00.